The third-order valence-corrected chi connectivity index (χ3v) is 3.23. The molecule has 1 rings (SSSR count). The van der Waals surface area contributed by atoms with E-state index in [4.69, 9.17) is 21.1 Å². The Labute approximate surface area is 119 Å². The fourth-order valence-corrected chi connectivity index (χ4v) is 2.25. The van der Waals surface area contributed by atoms with Crippen LogP contribution in [-0.4, -0.2) is 45.1 Å². The molecule has 4 nitrogen and oxygen atoms in total. The van der Waals surface area contributed by atoms with Gasteiger partial charge in [-0.3, -0.25) is 0 Å². The number of anilines is 1. The van der Waals surface area contributed by atoms with Crippen molar-refractivity contribution in [1.29, 1.82) is 0 Å². The van der Waals surface area contributed by atoms with E-state index < -0.39 is 0 Å². The highest BCUT2D eigenvalue weighted by Gasteiger charge is 2.17. The second kappa shape index (κ2) is 8.38. The molecule has 19 heavy (non-hydrogen) atoms. The van der Waals surface area contributed by atoms with E-state index in [1.54, 1.807) is 20.3 Å². The van der Waals surface area contributed by atoms with Crippen LogP contribution < -0.4 is 4.90 Å². The van der Waals surface area contributed by atoms with Crippen LogP contribution in [0, 0.1) is 0 Å². The minimum Gasteiger partial charge on any atom is -0.392 e. The molecule has 0 spiro atoms. The number of aliphatic hydroxyl groups is 1. The highest BCUT2D eigenvalue weighted by atomic mass is 35.5. The number of rotatable bonds is 8. The van der Waals surface area contributed by atoms with Crippen LogP contribution >= 0.6 is 11.6 Å². The van der Waals surface area contributed by atoms with Gasteiger partial charge in [-0.1, -0.05) is 11.6 Å². The molecule has 0 aliphatic rings. The summed E-state index contributed by atoms with van der Waals surface area (Å²) in [6.07, 6.45) is 0. The van der Waals surface area contributed by atoms with Crippen LogP contribution in [0.3, 0.4) is 0 Å². The van der Waals surface area contributed by atoms with E-state index in [-0.39, 0.29) is 12.6 Å². The second-order valence-corrected chi connectivity index (χ2v) is 4.86. The van der Waals surface area contributed by atoms with Gasteiger partial charge in [0.1, 0.15) is 0 Å². The number of methoxy groups -OCH3 is 2. The maximum atomic E-state index is 9.48. The van der Waals surface area contributed by atoms with E-state index in [0.29, 0.717) is 18.2 Å². The quantitative estimate of drug-likeness (QED) is 0.797. The van der Waals surface area contributed by atoms with Crippen LogP contribution in [0.2, 0.25) is 5.02 Å². The smallest absolute Gasteiger partial charge is 0.0702 e. The molecule has 0 heterocycles. The van der Waals surface area contributed by atoms with Gasteiger partial charge in [0, 0.05) is 43.1 Å². The zero-order valence-corrected chi connectivity index (χ0v) is 12.5. The van der Waals surface area contributed by atoms with Crippen LogP contribution in [0.25, 0.3) is 0 Å². The SMILES string of the molecule is COCCN(c1ccc(Cl)cc1CO)C(C)COC. The second-order valence-electron chi connectivity index (χ2n) is 4.42. The lowest BCUT2D eigenvalue weighted by molar-refractivity contribution is 0.170. The molecule has 0 amide bonds. The Bertz CT molecular complexity index is 387. The lowest BCUT2D eigenvalue weighted by Crippen LogP contribution is -2.39. The summed E-state index contributed by atoms with van der Waals surface area (Å²) in [5.41, 5.74) is 1.78. The maximum Gasteiger partial charge on any atom is 0.0702 e. The Balaban J connectivity index is 3.01. The van der Waals surface area contributed by atoms with E-state index in [2.05, 4.69) is 11.8 Å². The zero-order chi connectivity index (χ0) is 14.3. The molecule has 1 N–H and O–H groups in total. The van der Waals surface area contributed by atoms with Crippen LogP contribution in [0.5, 0.6) is 0 Å². The Hall–Kier alpha value is -0.810. The van der Waals surface area contributed by atoms with Gasteiger partial charge in [0.15, 0.2) is 0 Å². The summed E-state index contributed by atoms with van der Waals surface area (Å²) in [5.74, 6) is 0. The van der Waals surface area contributed by atoms with Crippen molar-refractivity contribution in [3.05, 3.63) is 28.8 Å². The number of hydrogen-bond acceptors (Lipinski definition) is 4. The minimum atomic E-state index is -0.0426. The molecule has 0 saturated heterocycles. The van der Waals surface area contributed by atoms with Crippen molar-refractivity contribution < 1.29 is 14.6 Å². The molecule has 0 saturated carbocycles. The summed E-state index contributed by atoms with van der Waals surface area (Å²) in [6.45, 7) is 3.99. The lowest BCUT2D eigenvalue weighted by atomic mass is 10.1. The first-order valence-corrected chi connectivity index (χ1v) is 6.65. The number of nitrogens with zero attached hydrogens (tertiary/aromatic N) is 1. The van der Waals surface area contributed by atoms with E-state index in [1.165, 1.54) is 0 Å². The van der Waals surface area contributed by atoms with Crippen molar-refractivity contribution in [2.75, 3.05) is 38.9 Å². The first-order chi connectivity index (χ1) is 9.13. The molecule has 1 aromatic rings. The highest BCUT2D eigenvalue weighted by molar-refractivity contribution is 6.30. The van der Waals surface area contributed by atoms with Crippen LogP contribution in [0.1, 0.15) is 12.5 Å². The number of hydrogen-bond donors (Lipinski definition) is 1. The molecule has 0 fully saturated rings. The summed E-state index contributed by atoms with van der Waals surface area (Å²) in [5, 5.41) is 10.1. The minimum absolute atomic E-state index is 0.0426. The fraction of sp³-hybridized carbons (Fsp3) is 0.571. The van der Waals surface area contributed by atoms with Crippen molar-refractivity contribution in [2.24, 2.45) is 0 Å². The summed E-state index contributed by atoms with van der Waals surface area (Å²) in [6, 6.07) is 5.73. The Morgan fingerprint density at radius 2 is 2.05 bits per heavy atom. The molecule has 0 bridgehead atoms. The van der Waals surface area contributed by atoms with E-state index >= 15 is 0 Å². The standard InChI is InChI=1S/C14H22ClNO3/c1-11(10-19-3)16(6-7-18-2)14-5-4-13(15)8-12(14)9-17/h4-5,8,11,17H,6-7,9-10H2,1-3H3. The first kappa shape index (κ1) is 16.2. The lowest BCUT2D eigenvalue weighted by Gasteiger charge is -2.32. The predicted octanol–water partition coefficient (Wildman–Crippen LogP) is 2.32. The number of aliphatic hydroxyl groups excluding tert-OH is 1. The molecule has 1 unspecified atom stereocenters. The third-order valence-electron chi connectivity index (χ3n) is 3.00. The van der Waals surface area contributed by atoms with Gasteiger partial charge in [0.25, 0.3) is 0 Å². The normalized spacial score (nSPS) is 12.5. The molecule has 1 atom stereocenters. The van der Waals surface area contributed by atoms with E-state index in [1.807, 2.05) is 12.1 Å². The largest absolute Gasteiger partial charge is 0.392 e. The topological polar surface area (TPSA) is 41.9 Å². The van der Waals surface area contributed by atoms with E-state index in [9.17, 15) is 5.11 Å². The molecule has 0 aliphatic carbocycles. The van der Waals surface area contributed by atoms with Crippen molar-refractivity contribution in [3.63, 3.8) is 0 Å². The third kappa shape index (κ3) is 4.66. The van der Waals surface area contributed by atoms with Gasteiger partial charge in [0.2, 0.25) is 0 Å². The van der Waals surface area contributed by atoms with Crippen LogP contribution in [0.15, 0.2) is 18.2 Å². The molecule has 0 aliphatic heterocycles. The van der Waals surface area contributed by atoms with Gasteiger partial charge in [-0.2, -0.15) is 0 Å². The molecule has 1 aromatic carbocycles. The average molecular weight is 288 g/mol. The predicted molar refractivity (Wildman–Crippen MR) is 77.9 cm³/mol. The van der Waals surface area contributed by atoms with Gasteiger partial charge in [-0.05, 0) is 25.1 Å². The number of halogens is 1. The van der Waals surface area contributed by atoms with Crippen LogP contribution in [-0.2, 0) is 16.1 Å². The summed E-state index contributed by atoms with van der Waals surface area (Å²) in [4.78, 5) is 2.16. The van der Waals surface area contributed by atoms with Gasteiger partial charge >= 0.3 is 0 Å². The van der Waals surface area contributed by atoms with Gasteiger partial charge in [-0.25, -0.2) is 0 Å². The molecule has 108 valence electrons. The Morgan fingerprint density at radius 1 is 1.32 bits per heavy atom. The average Bonchev–Trinajstić information content (AvgIpc) is 2.40. The first-order valence-electron chi connectivity index (χ1n) is 6.27. The Kier molecular flexibility index (Phi) is 7.16. The molecule has 0 aromatic heterocycles. The van der Waals surface area contributed by atoms with Gasteiger partial charge in [-0.15, -0.1) is 0 Å². The summed E-state index contributed by atoms with van der Waals surface area (Å²) >= 11 is 5.97. The van der Waals surface area contributed by atoms with Gasteiger partial charge < -0.3 is 19.5 Å². The molecule has 0 radical (unpaired) electrons. The number of ether oxygens (including phenoxy) is 2. The zero-order valence-electron chi connectivity index (χ0n) is 11.7. The fourth-order valence-electron chi connectivity index (χ4n) is 2.06. The number of benzene rings is 1. The van der Waals surface area contributed by atoms with Crippen molar-refractivity contribution in [2.45, 2.75) is 19.6 Å². The molecular weight excluding hydrogens is 266 g/mol. The molecular formula is C14H22ClNO3. The highest BCUT2D eigenvalue weighted by Crippen LogP contribution is 2.26. The van der Waals surface area contributed by atoms with Crippen molar-refractivity contribution >= 4 is 17.3 Å². The van der Waals surface area contributed by atoms with Crippen LogP contribution in [0.4, 0.5) is 5.69 Å². The summed E-state index contributed by atoms with van der Waals surface area (Å²) in [7, 11) is 3.35. The molecule has 5 heteroatoms. The monoisotopic (exact) mass is 287 g/mol. The maximum absolute atomic E-state index is 9.48. The van der Waals surface area contributed by atoms with Crippen molar-refractivity contribution in [3.8, 4) is 0 Å². The van der Waals surface area contributed by atoms with E-state index in [0.717, 1.165) is 17.8 Å². The van der Waals surface area contributed by atoms with Crippen molar-refractivity contribution in [1.82, 2.24) is 0 Å². The van der Waals surface area contributed by atoms with Gasteiger partial charge in [0.05, 0.1) is 19.8 Å². The Morgan fingerprint density at radius 3 is 2.63 bits per heavy atom. The summed E-state index contributed by atoms with van der Waals surface area (Å²) < 4.78 is 10.4.